The number of hydrogen-bond acceptors (Lipinski definition) is 8. The standard InChI is InChI=1S/C14H15N3O4S.Na.H/c1-8(5-12(18)20-2)16-7-13(19)21-9-3-4-10-11(6-9)22-14(15)17-10;;/h3-6,16H,7H2,1-2H3,(H2,15,17);;/q;+1;-1. The Kier molecular flexibility index (Phi) is 7.50. The number of methoxy groups -OCH3 is 1. The fourth-order valence-electron chi connectivity index (χ4n) is 1.65. The predicted molar refractivity (Wildman–Crippen MR) is 84.6 cm³/mol. The van der Waals surface area contributed by atoms with E-state index in [1.807, 2.05) is 0 Å². The van der Waals surface area contributed by atoms with Gasteiger partial charge >= 0.3 is 41.5 Å². The first-order valence-electron chi connectivity index (χ1n) is 6.35. The van der Waals surface area contributed by atoms with E-state index in [9.17, 15) is 9.59 Å². The van der Waals surface area contributed by atoms with E-state index in [2.05, 4.69) is 15.0 Å². The summed E-state index contributed by atoms with van der Waals surface area (Å²) >= 11 is 1.32. The fourth-order valence-corrected chi connectivity index (χ4v) is 2.41. The van der Waals surface area contributed by atoms with E-state index in [1.165, 1.54) is 24.5 Å². The van der Waals surface area contributed by atoms with Crippen molar-refractivity contribution in [2.24, 2.45) is 0 Å². The maximum atomic E-state index is 11.7. The minimum atomic E-state index is -0.494. The van der Waals surface area contributed by atoms with Crippen LogP contribution < -0.4 is 45.3 Å². The van der Waals surface area contributed by atoms with Crippen LogP contribution >= 0.6 is 11.3 Å². The van der Waals surface area contributed by atoms with Gasteiger partial charge in [-0.25, -0.2) is 14.6 Å². The molecule has 118 valence electrons. The second-order valence-electron chi connectivity index (χ2n) is 4.36. The molecule has 3 N–H and O–H groups in total. The molecule has 1 aromatic carbocycles. The Morgan fingerprint density at radius 1 is 1.48 bits per heavy atom. The van der Waals surface area contributed by atoms with Crippen molar-refractivity contribution in [3.05, 3.63) is 30.0 Å². The van der Waals surface area contributed by atoms with Crippen LogP contribution in [-0.2, 0) is 14.3 Å². The van der Waals surface area contributed by atoms with Gasteiger partial charge in [-0.1, -0.05) is 11.3 Å². The number of carbonyl (C=O) groups is 2. The van der Waals surface area contributed by atoms with Gasteiger partial charge in [0.05, 0.1) is 17.3 Å². The zero-order valence-corrected chi connectivity index (χ0v) is 15.9. The van der Waals surface area contributed by atoms with Gasteiger partial charge in [0.1, 0.15) is 12.3 Å². The molecule has 0 aliphatic carbocycles. The first-order valence-corrected chi connectivity index (χ1v) is 7.16. The van der Waals surface area contributed by atoms with Gasteiger partial charge in [0, 0.05) is 17.8 Å². The average Bonchev–Trinajstić information content (AvgIpc) is 2.84. The molecule has 2 rings (SSSR count). The average molecular weight is 345 g/mol. The molecule has 0 aliphatic rings. The molecule has 0 amide bonds. The normalized spacial score (nSPS) is 10.8. The molecule has 0 saturated carbocycles. The fraction of sp³-hybridized carbons (Fsp3) is 0.214. The van der Waals surface area contributed by atoms with E-state index in [0.29, 0.717) is 16.6 Å². The second kappa shape index (κ2) is 8.88. The van der Waals surface area contributed by atoms with Crippen molar-refractivity contribution in [1.82, 2.24) is 10.3 Å². The number of fused-ring (bicyclic) bond motifs is 1. The summed E-state index contributed by atoms with van der Waals surface area (Å²) in [6.07, 6.45) is 1.25. The van der Waals surface area contributed by atoms with Crippen LogP contribution in [0.25, 0.3) is 10.2 Å². The van der Waals surface area contributed by atoms with Crippen LogP contribution in [-0.4, -0.2) is 30.6 Å². The summed E-state index contributed by atoms with van der Waals surface area (Å²) in [5.74, 6) is -0.557. The summed E-state index contributed by atoms with van der Waals surface area (Å²) in [5, 5.41) is 3.23. The van der Waals surface area contributed by atoms with Gasteiger partial charge in [-0.15, -0.1) is 0 Å². The van der Waals surface area contributed by atoms with Crippen LogP contribution in [0.15, 0.2) is 30.0 Å². The van der Waals surface area contributed by atoms with E-state index >= 15 is 0 Å². The van der Waals surface area contributed by atoms with Crippen molar-refractivity contribution in [3.63, 3.8) is 0 Å². The number of nitrogens with zero attached hydrogens (tertiary/aromatic N) is 1. The summed E-state index contributed by atoms with van der Waals surface area (Å²) in [4.78, 5) is 26.9. The number of carbonyl (C=O) groups excluding carboxylic acids is 2. The Morgan fingerprint density at radius 2 is 2.22 bits per heavy atom. The zero-order valence-electron chi connectivity index (χ0n) is 14.1. The van der Waals surface area contributed by atoms with E-state index in [1.54, 1.807) is 25.1 Å². The van der Waals surface area contributed by atoms with E-state index < -0.39 is 11.9 Å². The molecular weight excluding hydrogens is 329 g/mol. The second-order valence-corrected chi connectivity index (χ2v) is 5.42. The van der Waals surface area contributed by atoms with Crippen molar-refractivity contribution in [2.75, 3.05) is 19.4 Å². The number of benzene rings is 1. The van der Waals surface area contributed by atoms with Crippen LogP contribution in [0.5, 0.6) is 5.75 Å². The number of esters is 2. The number of aromatic nitrogens is 1. The Hall–Kier alpha value is -1.61. The first kappa shape index (κ1) is 19.4. The quantitative estimate of drug-likeness (QED) is 0.296. The van der Waals surface area contributed by atoms with E-state index in [-0.39, 0.29) is 37.5 Å². The summed E-state index contributed by atoms with van der Waals surface area (Å²) < 4.78 is 10.5. The number of rotatable bonds is 5. The number of thiazole rings is 1. The molecule has 0 bridgehead atoms. The number of nitrogen functional groups attached to an aromatic ring is 1. The van der Waals surface area contributed by atoms with Gasteiger partial charge < -0.3 is 22.0 Å². The van der Waals surface area contributed by atoms with Gasteiger partial charge in [-0.3, -0.25) is 0 Å². The van der Waals surface area contributed by atoms with Crippen molar-refractivity contribution in [3.8, 4) is 5.75 Å². The SMILES string of the molecule is COC(=O)C=C(C)NCC(=O)Oc1ccc2nc(N)sc2c1.[H-].[Na+]. The molecule has 1 heterocycles. The molecule has 0 fully saturated rings. The molecule has 0 spiro atoms. The monoisotopic (exact) mass is 345 g/mol. The summed E-state index contributed by atoms with van der Waals surface area (Å²) in [6, 6.07) is 5.09. The third-order valence-electron chi connectivity index (χ3n) is 2.66. The number of hydrogen-bond donors (Lipinski definition) is 2. The van der Waals surface area contributed by atoms with Gasteiger partial charge in [0.25, 0.3) is 0 Å². The minimum Gasteiger partial charge on any atom is -1.00 e. The van der Waals surface area contributed by atoms with Crippen molar-refractivity contribution < 1.29 is 50.0 Å². The molecule has 2 aromatic rings. The van der Waals surface area contributed by atoms with Gasteiger partial charge in [0.2, 0.25) is 0 Å². The molecule has 0 radical (unpaired) electrons. The van der Waals surface area contributed by atoms with Crippen LogP contribution in [0.3, 0.4) is 0 Å². The Labute approximate surface area is 160 Å². The number of nitrogens with one attached hydrogen (secondary N) is 1. The molecule has 7 nitrogen and oxygen atoms in total. The van der Waals surface area contributed by atoms with Crippen LogP contribution in [0.1, 0.15) is 8.35 Å². The molecule has 0 aliphatic heterocycles. The Balaban J connectivity index is 0.00000264. The smallest absolute Gasteiger partial charge is 1.00 e. The number of allylic oxidation sites excluding steroid dienone is 1. The number of anilines is 1. The minimum absolute atomic E-state index is 0. The summed E-state index contributed by atoms with van der Waals surface area (Å²) in [6.45, 7) is 1.58. The van der Waals surface area contributed by atoms with Crippen molar-refractivity contribution in [2.45, 2.75) is 6.92 Å². The number of nitrogens with two attached hydrogens (primary N) is 1. The topological polar surface area (TPSA) is 104 Å². The summed E-state index contributed by atoms with van der Waals surface area (Å²) in [7, 11) is 1.28. The Morgan fingerprint density at radius 3 is 2.91 bits per heavy atom. The third-order valence-corrected chi connectivity index (χ3v) is 3.50. The Bertz CT molecular complexity index is 751. The molecule has 0 unspecified atom stereocenters. The maximum Gasteiger partial charge on any atom is 1.00 e. The zero-order chi connectivity index (χ0) is 16.1. The van der Waals surface area contributed by atoms with E-state index in [4.69, 9.17) is 10.5 Å². The van der Waals surface area contributed by atoms with Gasteiger partial charge in [-0.2, -0.15) is 0 Å². The van der Waals surface area contributed by atoms with Gasteiger partial charge in [0.15, 0.2) is 5.13 Å². The van der Waals surface area contributed by atoms with Gasteiger partial charge in [-0.05, 0) is 19.1 Å². The molecule has 1 aromatic heterocycles. The molecule has 0 atom stereocenters. The largest absolute Gasteiger partial charge is 1.00 e. The maximum absolute atomic E-state index is 11.7. The number of ether oxygens (including phenoxy) is 2. The van der Waals surface area contributed by atoms with Crippen LogP contribution in [0.2, 0.25) is 0 Å². The molecule has 9 heteroatoms. The van der Waals surface area contributed by atoms with E-state index in [0.717, 1.165) is 10.2 Å². The predicted octanol–water partition coefficient (Wildman–Crippen LogP) is -1.43. The van der Waals surface area contributed by atoms with Crippen LogP contribution in [0.4, 0.5) is 5.13 Å². The molecular formula is C14H16N3NaO4S. The van der Waals surface area contributed by atoms with Crippen molar-refractivity contribution >= 4 is 38.6 Å². The third kappa shape index (κ3) is 5.83. The molecule has 0 saturated heterocycles. The molecule has 23 heavy (non-hydrogen) atoms. The van der Waals surface area contributed by atoms with Crippen LogP contribution in [0, 0.1) is 0 Å². The summed E-state index contributed by atoms with van der Waals surface area (Å²) in [5.41, 5.74) is 6.89. The first-order chi connectivity index (χ1) is 10.5. The van der Waals surface area contributed by atoms with Crippen molar-refractivity contribution in [1.29, 1.82) is 0 Å².